The molecule has 1 aliphatic heterocycles. The van der Waals surface area contributed by atoms with E-state index in [-0.39, 0.29) is 0 Å². The molecule has 0 aromatic heterocycles. The van der Waals surface area contributed by atoms with Crippen molar-refractivity contribution in [2.24, 2.45) is 11.7 Å². The fourth-order valence-corrected chi connectivity index (χ4v) is 2.22. The number of carbonyl (C=O) groups is 3. The normalized spacial score (nSPS) is 26.0. The van der Waals surface area contributed by atoms with Crippen molar-refractivity contribution in [3.05, 3.63) is 11.1 Å². The van der Waals surface area contributed by atoms with Crippen LogP contribution < -0.4 is 11.1 Å². The van der Waals surface area contributed by atoms with Gasteiger partial charge in [-0.3, -0.25) is 19.7 Å². The van der Waals surface area contributed by atoms with E-state index < -0.39 is 23.6 Å². The monoisotopic (exact) mass is 208 g/mol. The van der Waals surface area contributed by atoms with Crippen LogP contribution in [-0.2, 0) is 14.4 Å². The molecule has 1 saturated heterocycles. The number of carbonyl (C=O) groups excluding carboxylic acids is 3. The molecule has 2 rings (SSSR count). The van der Waals surface area contributed by atoms with Crippen LogP contribution in [0.15, 0.2) is 11.1 Å². The van der Waals surface area contributed by atoms with E-state index in [1.54, 1.807) is 0 Å². The molecular formula is C10H12N2O3. The topological polar surface area (TPSA) is 89.3 Å². The molecule has 0 aromatic carbocycles. The van der Waals surface area contributed by atoms with Crippen LogP contribution in [0.1, 0.15) is 25.7 Å². The Morgan fingerprint density at radius 2 is 1.87 bits per heavy atom. The van der Waals surface area contributed by atoms with E-state index in [1.807, 2.05) is 0 Å². The Kier molecular flexibility index (Phi) is 2.30. The first-order chi connectivity index (χ1) is 7.11. The summed E-state index contributed by atoms with van der Waals surface area (Å²) >= 11 is 0. The number of nitrogens with two attached hydrogens (primary N) is 1. The molecule has 5 nitrogen and oxygen atoms in total. The maximum absolute atomic E-state index is 11.5. The maximum Gasteiger partial charge on any atom is 0.255 e. The van der Waals surface area contributed by atoms with Crippen LogP contribution in [0.5, 0.6) is 0 Å². The lowest BCUT2D eigenvalue weighted by Gasteiger charge is -2.06. The number of imide groups is 1. The standard InChI is InChI=1S/C10H12N2O3/c11-8(13)7-6(5-3-1-2-4-5)9(14)12-10(7)15/h7H,1-4H2,(H2,11,13)(H,12,14,15). The SMILES string of the molecule is NC(=O)C1C(=O)NC(=O)C1=C1CCCC1. The summed E-state index contributed by atoms with van der Waals surface area (Å²) < 4.78 is 0. The van der Waals surface area contributed by atoms with Gasteiger partial charge in [0.05, 0.1) is 0 Å². The third kappa shape index (κ3) is 1.54. The lowest BCUT2D eigenvalue weighted by molar-refractivity contribution is -0.130. The maximum atomic E-state index is 11.5. The molecule has 5 heteroatoms. The van der Waals surface area contributed by atoms with Crippen LogP contribution in [0.2, 0.25) is 0 Å². The Labute approximate surface area is 86.7 Å². The zero-order valence-electron chi connectivity index (χ0n) is 8.21. The van der Waals surface area contributed by atoms with Gasteiger partial charge in [-0.15, -0.1) is 0 Å². The Balaban J connectivity index is 2.43. The average Bonchev–Trinajstić information content (AvgIpc) is 2.71. The Hall–Kier alpha value is -1.65. The predicted octanol–water partition coefficient (Wildman–Crippen LogP) is -0.385. The minimum Gasteiger partial charge on any atom is -0.369 e. The van der Waals surface area contributed by atoms with Crippen LogP contribution in [-0.4, -0.2) is 17.7 Å². The number of amides is 3. The molecule has 0 spiro atoms. The summed E-state index contributed by atoms with van der Waals surface area (Å²) in [5, 5.41) is 2.14. The van der Waals surface area contributed by atoms with Crippen molar-refractivity contribution < 1.29 is 14.4 Å². The molecule has 1 unspecified atom stereocenters. The molecule has 2 fully saturated rings. The molecule has 0 bridgehead atoms. The van der Waals surface area contributed by atoms with E-state index in [0.29, 0.717) is 5.57 Å². The first kappa shape index (κ1) is 9.89. The van der Waals surface area contributed by atoms with Crippen LogP contribution in [0.25, 0.3) is 0 Å². The minimum absolute atomic E-state index is 0.310. The highest BCUT2D eigenvalue weighted by molar-refractivity contribution is 6.23. The van der Waals surface area contributed by atoms with Gasteiger partial charge in [0.2, 0.25) is 11.8 Å². The summed E-state index contributed by atoms with van der Waals surface area (Å²) in [6.07, 6.45) is 3.59. The van der Waals surface area contributed by atoms with E-state index in [2.05, 4.69) is 5.32 Å². The van der Waals surface area contributed by atoms with Gasteiger partial charge in [-0.2, -0.15) is 0 Å². The summed E-state index contributed by atoms with van der Waals surface area (Å²) in [6, 6.07) is 0. The van der Waals surface area contributed by atoms with Crippen LogP contribution in [0, 0.1) is 5.92 Å². The van der Waals surface area contributed by atoms with Gasteiger partial charge in [0.15, 0.2) is 0 Å². The second-order valence-electron chi connectivity index (χ2n) is 3.88. The molecule has 0 radical (unpaired) electrons. The summed E-state index contributed by atoms with van der Waals surface area (Å²) in [6.45, 7) is 0. The molecule has 1 saturated carbocycles. The third-order valence-electron chi connectivity index (χ3n) is 2.90. The number of nitrogens with one attached hydrogen (secondary N) is 1. The lowest BCUT2D eigenvalue weighted by atomic mass is 9.95. The van der Waals surface area contributed by atoms with Crippen LogP contribution in [0.4, 0.5) is 0 Å². The van der Waals surface area contributed by atoms with Gasteiger partial charge in [0, 0.05) is 5.57 Å². The van der Waals surface area contributed by atoms with Crippen molar-refractivity contribution in [1.29, 1.82) is 0 Å². The van der Waals surface area contributed by atoms with Crippen molar-refractivity contribution in [2.75, 3.05) is 0 Å². The van der Waals surface area contributed by atoms with Crippen molar-refractivity contribution >= 4 is 17.7 Å². The van der Waals surface area contributed by atoms with Gasteiger partial charge in [0.1, 0.15) is 5.92 Å². The zero-order valence-corrected chi connectivity index (χ0v) is 8.21. The summed E-state index contributed by atoms with van der Waals surface area (Å²) in [7, 11) is 0. The van der Waals surface area contributed by atoms with Crippen molar-refractivity contribution in [3.8, 4) is 0 Å². The lowest BCUT2D eigenvalue weighted by Crippen LogP contribution is -2.31. The van der Waals surface area contributed by atoms with E-state index in [9.17, 15) is 14.4 Å². The highest BCUT2D eigenvalue weighted by Gasteiger charge is 2.42. The van der Waals surface area contributed by atoms with Gasteiger partial charge in [0.25, 0.3) is 5.91 Å². The number of hydrogen-bond acceptors (Lipinski definition) is 3. The minimum atomic E-state index is -1.06. The molecule has 15 heavy (non-hydrogen) atoms. The second-order valence-corrected chi connectivity index (χ2v) is 3.88. The Bertz CT molecular complexity index is 376. The molecule has 0 aromatic rings. The summed E-state index contributed by atoms with van der Waals surface area (Å²) in [4.78, 5) is 33.9. The van der Waals surface area contributed by atoms with E-state index >= 15 is 0 Å². The molecule has 2 aliphatic rings. The zero-order chi connectivity index (χ0) is 11.0. The fraction of sp³-hybridized carbons (Fsp3) is 0.500. The molecule has 3 N–H and O–H groups in total. The quantitative estimate of drug-likeness (QED) is 0.349. The van der Waals surface area contributed by atoms with Crippen molar-refractivity contribution in [2.45, 2.75) is 25.7 Å². The van der Waals surface area contributed by atoms with Gasteiger partial charge in [-0.25, -0.2) is 0 Å². The molecule has 1 aliphatic carbocycles. The van der Waals surface area contributed by atoms with Crippen LogP contribution >= 0.6 is 0 Å². The third-order valence-corrected chi connectivity index (χ3v) is 2.90. The number of hydrogen-bond donors (Lipinski definition) is 2. The van der Waals surface area contributed by atoms with E-state index in [1.165, 1.54) is 0 Å². The summed E-state index contributed by atoms with van der Waals surface area (Å²) in [5.41, 5.74) is 6.35. The highest BCUT2D eigenvalue weighted by atomic mass is 16.2. The van der Waals surface area contributed by atoms with Gasteiger partial charge < -0.3 is 5.73 Å². The predicted molar refractivity (Wildman–Crippen MR) is 51.3 cm³/mol. The molecule has 1 heterocycles. The number of primary amides is 1. The first-order valence-corrected chi connectivity index (χ1v) is 4.97. The first-order valence-electron chi connectivity index (χ1n) is 4.97. The number of rotatable bonds is 1. The van der Waals surface area contributed by atoms with Crippen molar-refractivity contribution in [1.82, 2.24) is 5.32 Å². The Morgan fingerprint density at radius 3 is 2.40 bits per heavy atom. The fourth-order valence-electron chi connectivity index (χ4n) is 2.22. The van der Waals surface area contributed by atoms with E-state index in [0.717, 1.165) is 31.3 Å². The second kappa shape index (κ2) is 3.49. The van der Waals surface area contributed by atoms with Crippen LogP contribution in [0.3, 0.4) is 0 Å². The van der Waals surface area contributed by atoms with Gasteiger partial charge in [-0.05, 0) is 25.7 Å². The summed E-state index contributed by atoms with van der Waals surface area (Å²) in [5.74, 6) is -2.83. The number of allylic oxidation sites excluding steroid dienone is 1. The Morgan fingerprint density at radius 1 is 1.27 bits per heavy atom. The van der Waals surface area contributed by atoms with Gasteiger partial charge >= 0.3 is 0 Å². The molecule has 1 atom stereocenters. The smallest absolute Gasteiger partial charge is 0.255 e. The largest absolute Gasteiger partial charge is 0.369 e. The van der Waals surface area contributed by atoms with Gasteiger partial charge in [-0.1, -0.05) is 5.57 Å². The van der Waals surface area contributed by atoms with E-state index in [4.69, 9.17) is 5.73 Å². The molecular weight excluding hydrogens is 196 g/mol. The average molecular weight is 208 g/mol. The molecule has 3 amide bonds. The highest BCUT2D eigenvalue weighted by Crippen LogP contribution is 2.32. The van der Waals surface area contributed by atoms with Crippen molar-refractivity contribution in [3.63, 3.8) is 0 Å². The molecule has 80 valence electrons.